The predicted molar refractivity (Wildman–Crippen MR) is 166 cm³/mol. The molecule has 1 amide bonds. The predicted octanol–water partition coefficient (Wildman–Crippen LogP) is 3.41. The highest BCUT2D eigenvalue weighted by Crippen LogP contribution is 2.36. The molecule has 0 saturated carbocycles. The number of nitrogens with zero attached hydrogens (tertiary/aromatic N) is 7. The number of aromatic nitrogens is 2. The molecule has 10 heteroatoms. The number of carbonyl (C=O) groups excluding carboxylic acids is 1. The van der Waals surface area contributed by atoms with E-state index < -0.39 is 11.6 Å². The molecule has 0 aliphatic carbocycles. The Bertz CT molecular complexity index is 1590. The Morgan fingerprint density at radius 2 is 2.07 bits per heavy atom. The number of carbonyl (C=O) groups is 1. The second-order valence-corrected chi connectivity index (χ2v) is 11.9. The van der Waals surface area contributed by atoms with Gasteiger partial charge in [-0.05, 0) is 63.4 Å². The SMILES string of the molecule is C=CC(=O)N1CCN(c2nc(OC[C@@H]3CCCN3C)nc3c2CCN(c2cccc4ccc(C)cc24)C3)C[C@@]1(O)CC#N. The number of fused-ring (bicyclic) bond motifs is 2. The quantitative estimate of drug-likeness (QED) is 0.420. The van der Waals surface area contributed by atoms with Crippen LogP contribution in [0.4, 0.5) is 11.5 Å². The minimum absolute atomic E-state index is 0.0563. The maximum absolute atomic E-state index is 12.6. The van der Waals surface area contributed by atoms with Crippen LogP contribution in [0.1, 0.15) is 36.1 Å². The second-order valence-electron chi connectivity index (χ2n) is 11.9. The van der Waals surface area contributed by atoms with E-state index in [0.717, 1.165) is 37.2 Å². The Labute approximate surface area is 252 Å². The van der Waals surface area contributed by atoms with Gasteiger partial charge in [0.1, 0.15) is 12.4 Å². The lowest BCUT2D eigenvalue weighted by molar-refractivity contribution is -0.155. The molecule has 224 valence electrons. The van der Waals surface area contributed by atoms with Gasteiger partial charge in [-0.2, -0.15) is 15.2 Å². The van der Waals surface area contributed by atoms with E-state index >= 15 is 0 Å². The van der Waals surface area contributed by atoms with Crippen LogP contribution in [0.25, 0.3) is 10.8 Å². The van der Waals surface area contributed by atoms with Crippen LogP contribution in [-0.2, 0) is 17.8 Å². The van der Waals surface area contributed by atoms with Gasteiger partial charge < -0.3 is 29.4 Å². The smallest absolute Gasteiger partial charge is 0.318 e. The number of ether oxygens (including phenoxy) is 1. The van der Waals surface area contributed by atoms with Crippen molar-refractivity contribution >= 4 is 28.2 Å². The number of likely N-dealkylation sites (N-methyl/N-ethyl adjacent to an activating group) is 1. The summed E-state index contributed by atoms with van der Waals surface area (Å²) in [4.78, 5) is 30.4. The normalized spacial score (nSPS) is 22.4. The largest absolute Gasteiger partial charge is 0.462 e. The molecule has 2 atom stereocenters. The van der Waals surface area contributed by atoms with Gasteiger partial charge in [-0.1, -0.05) is 36.4 Å². The molecular formula is C33H39N7O3. The average Bonchev–Trinajstić information content (AvgIpc) is 3.42. The number of β-amino-alcohol motifs (C(OH)–C–C–N with tert-alkyl or cyclic N) is 1. The molecule has 1 aromatic heterocycles. The van der Waals surface area contributed by atoms with Crippen LogP contribution in [0, 0.1) is 18.3 Å². The first kappa shape index (κ1) is 28.9. The van der Waals surface area contributed by atoms with Gasteiger partial charge in [-0.3, -0.25) is 4.79 Å². The standard InChI is InChI=1S/C33H39N7O3/c1-4-30(41)40-18-17-39(22-33(40,42)13-14-34)31-26-12-16-38(29-9-5-7-24-11-10-23(2)19-27(24)29)20-28(26)35-32(36-31)43-21-25-8-6-15-37(25)3/h4-5,7,9-11,19,25,42H,1,6,8,12-13,15-18,20-22H2,2-3H3/t25-,33-/m0/s1. The summed E-state index contributed by atoms with van der Waals surface area (Å²) in [5, 5.41) is 23.5. The van der Waals surface area contributed by atoms with Crippen molar-refractivity contribution in [2.24, 2.45) is 0 Å². The number of rotatable bonds is 7. The van der Waals surface area contributed by atoms with Crippen LogP contribution in [0.5, 0.6) is 6.01 Å². The third-order valence-corrected chi connectivity index (χ3v) is 9.10. The molecule has 0 unspecified atom stereocenters. The first-order chi connectivity index (χ1) is 20.8. The van der Waals surface area contributed by atoms with Gasteiger partial charge in [-0.25, -0.2) is 0 Å². The zero-order chi connectivity index (χ0) is 30.1. The van der Waals surface area contributed by atoms with E-state index in [1.165, 1.54) is 33.0 Å². The van der Waals surface area contributed by atoms with Gasteiger partial charge in [0.2, 0.25) is 5.91 Å². The number of amides is 1. The lowest BCUT2D eigenvalue weighted by atomic mass is 9.99. The topological polar surface area (TPSA) is 109 Å². The molecule has 3 aliphatic heterocycles. The fourth-order valence-corrected chi connectivity index (χ4v) is 6.71. The van der Waals surface area contributed by atoms with Gasteiger partial charge >= 0.3 is 6.01 Å². The third kappa shape index (κ3) is 5.63. The van der Waals surface area contributed by atoms with E-state index in [2.05, 4.69) is 72.8 Å². The van der Waals surface area contributed by atoms with Crippen LogP contribution in [-0.4, -0.2) is 88.9 Å². The minimum Gasteiger partial charge on any atom is -0.462 e. The summed E-state index contributed by atoms with van der Waals surface area (Å²) >= 11 is 0. The average molecular weight is 582 g/mol. The third-order valence-electron chi connectivity index (χ3n) is 9.10. The van der Waals surface area contributed by atoms with Gasteiger partial charge in [0.25, 0.3) is 0 Å². The zero-order valence-corrected chi connectivity index (χ0v) is 25.0. The van der Waals surface area contributed by atoms with Crippen LogP contribution < -0.4 is 14.5 Å². The van der Waals surface area contributed by atoms with Crippen LogP contribution >= 0.6 is 0 Å². The fourth-order valence-electron chi connectivity index (χ4n) is 6.71. The van der Waals surface area contributed by atoms with Crippen molar-refractivity contribution in [3.63, 3.8) is 0 Å². The highest BCUT2D eigenvalue weighted by atomic mass is 16.5. The van der Waals surface area contributed by atoms with Gasteiger partial charge in [0.15, 0.2) is 5.72 Å². The molecule has 3 aliphatic rings. The number of hydrogen-bond donors (Lipinski definition) is 1. The van der Waals surface area contributed by atoms with E-state index in [1.807, 2.05) is 4.90 Å². The summed E-state index contributed by atoms with van der Waals surface area (Å²) < 4.78 is 6.26. The van der Waals surface area contributed by atoms with Crippen molar-refractivity contribution < 1.29 is 14.6 Å². The van der Waals surface area contributed by atoms with Crippen molar-refractivity contribution in [2.75, 3.05) is 56.2 Å². The number of benzene rings is 2. The number of hydrogen-bond acceptors (Lipinski definition) is 9. The summed E-state index contributed by atoms with van der Waals surface area (Å²) in [5.41, 5.74) is 2.63. The van der Waals surface area contributed by atoms with Crippen molar-refractivity contribution in [1.82, 2.24) is 19.8 Å². The Kier molecular flexibility index (Phi) is 7.95. The summed E-state index contributed by atoms with van der Waals surface area (Å²) in [7, 11) is 2.12. The lowest BCUT2D eigenvalue weighted by Gasteiger charge is -2.47. The van der Waals surface area contributed by atoms with Crippen molar-refractivity contribution in [3.8, 4) is 12.1 Å². The van der Waals surface area contributed by atoms with Crippen molar-refractivity contribution in [1.29, 1.82) is 5.26 Å². The Morgan fingerprint density at radius 1 is 1.21 bits per heavy atom. The molecule has 2 aromatic carbocycles. The number of likely N-dealkylation sites (tertiary alicyclic amines) is 1. The Balaban J connectivity index is 1.35. The summed E-state index contributed by atoms with van der Waals surface area (Å²) in [6.07, 6.45) is 3.89. The van der Waals surface area contributed by atoms with Crippen molar-refractivity contribution in [3.05, 3.63) is 65.9 Å². The maximum atomic E-state index is 12.6. The first-order valence-electron chi connectivity index (χ1n) is 15.0. The van der Waals surface area contributed by atoms with Gasteiger partial charge in [0, 0.05) is 42.3 Å². The molecule has 4 heterocycles. The van der Waals surface area contributed by atoms with E-state index in [9.17, 15) is 15.2 Å². The van der Waals surface area contributed by atoms with Gasteiger partial charge in [-0.15, -0.1) is 0 Å². The van der Waals surface area contributed by atoms with Crippen LogP contribution in [0.15, 0.2) is 49.1 Å². The van der Waals surface area contributed by atoms with E-state index in [1.54, 1.807) is 0 Å². The number of anilines is 2. The number of piperazine rings is 1. The van der Waals surface area contributed by atoms with E-state index in [0.29, 0.717) is 44.0 Å². The molecule has 0 radical (unpaired) electrons. The Hall–Kier alpha value is -4.20. The van der Waals surface area contributed by atoms with Gasteiger partial charge in [0.05, 0.1) is 31.3 Å². The van der Waals surface area contributed by atoms with Crippen molar-refractivity contribution in [2.45, 2.75) is 50.9 Å². The number of nitriles is 1. The molecule has 0 bridgehead atoms. The minimum atomic E-state index is -1.66. The summed E-state index contributed by atoms with van der Waals surface area (Å²) in [6.45, 7) is 9.36. The molecule has 2 saturated heterocycles. The molecule has 6 rings (SSSR count). The van der Waals surface area contributed by atoms with Crippen LogP contribution in [0.3, 0.4) is 0 Å². The molecule has 2 fully saturated rings. The first-order valence-corrected chi connectivity index (χ1v) is 15.0. The number of aryl methyl sites for hydroxylation is 1. The molecule has 3 aromatic rings. The lowest BCUT2D eigenvalue weighted by Crippen LogP contribution is -2.64. The summed E-state index contributed by atoms with van der Waals surface area (Å²) in [5.74, 6) is 0.308. The van der Waals surface area contributed by atoms with E-state index in [-0.39, 0.29) is 19.5 Å². The summed E-state index contributed by atoms with van der Waals surface area (Å²) in [6, 6.07) is 15.6. The van der Waals surface area contributed by atoms with Crippen LogP contribution in [0.2, 0.25) is 0 Å². The van der Waals surface area contributed by atoms with E-state index in [4.69, 9.17) is 14.7 Å². The molecule has 43 heavy (non-hydrogen) atoms. The Morgan fingerprint density at radius 3 is 2.84 bits per heavy atom. The molecule has 1 N–H and O–H groups in total. The number of aliphatic hydroxyl groups is 1. The zero-order valence-electron chi connectivity index (χ0n) is 25.0. The maximum Gasteiger partial charge on any atom is 0.318 e. The molecule has 0 spiro atoms. The molecule has 10 nitrogen and oxygen atoms in total. The molecular weight excluding hydrogens is 542 g/mol. The fraction of sp³-hybridized carbons (Fsp3) is 0.455. The highest BCUT2D eigenvalue weighted by Gasteiger charge is 2.43. The second kappa shape index (κ2) is 11.8. The highest BCUT2D eigenvalue weighted by molar-refractivity contribution is 5.95. The monoisotopic (exact) mass is 581 g/mol.